The van der Waals surface area contributed by atoms with Gasteiger partial charge in [-0.05, 0) is 12.5 Å². The van der Waals surface area contributed by atoms with Crippen molar-refractivity contribution >= 4 is 17.2 Å². The lowest BCUT2D eigenvalue weighted by Crippen LogP contribution is -2.10. The van der Waals surface area contributed by atoms with Gasteiger partial charge in [0.05, 0.1) is 11.1 Å². The highest BCUT2D eigenvalue weighted by atomic mass is 32.1. The predicted molar refractivity (Wildman–Crippen MR) is 53.0 cm³/mol. The fourth-order valence-electron chi connectivity index (χ4n) is 1.25. The molecule has 0 fully saturated rings. The van der Waals surface area contributed by atoms with Crippen LogP contribution in [0.2, 0.25) is 0 Å². The van der Waals surface area contributed by atoms with E-state index in [-0.39, 0.29) is 0 Å². The van der Waals surface area contributed by atoms with Crippen LogP contribution in [0, 0.1) is 6.92 Å². The van der Waals surface area contributed by atoms with Crippen LogP contribution < -0.4 is 5.73 Å². The number of rotatable bonds is 2. The number of aromatic amines is 1. The summed E-state index contributed by atoms with van der Waals surface area (Å²) in [5.74, 6) is -0.401. The molecule has 2 heterocycles. The second-order valence-electron chi connectivity index (χ2n) is 2.83. The number of nitrogens with one attached hydrogen (secondary N) is 1. The van der Waals surface area contributed by atoms with Gasteiger partial charge in [-0.2, -0.15) is 0 Å². The summed E-state index contributed by atoms with van der Waals surface area (Å²) in [5.41, 5.74) is 7.70. The maximum absolute atomic E-state index is 11.0. The molecule has 0 saturated heterocycles. The number of nitrogens with zero attached hydrogens (tertiary/aromatic N) is 2. The Morgan fingerprint density at radius 2 is 2.43 bits per heavy atom. The average molecular weight is 208 g/mol. The standard InChI is InChI=1S/C8H8N4OS/c1-4-5(6-2-10-12-11-6)3-14-7(4)8(9)13/h2-3H,1H3,(H2,9,13)(H,10,11,12). The van der Waals surface area contributed by atoms with Gasteiger partial charge < -0.3 is 5.73 Å². The number of hydrogen-bond donors (Lipinski definition) is 2. The average Bonchev–Trinajstić information content (AvgIpc) is 2.71. The molecule has 0 saturated carbocycles. The Balaban J connectivity index is 2.52. The summed E-state index contributed by atoms with van der Waals surface area (Å²) < 4.78 is 0. The Labute approximate surface area is 83.9 Å². The first kappa shape index (κ1) is 8.89. The van der Waals surface area contributed by atoms with E-state index in [2.05, 4.69) is 15.4 Å². The van der Waals surface area contributed by atoms with Gasteiger partial charge in [-0.15, -0.1) is 16.4 Å². The fraction of sp³-hybridized carbons (Fsp3) is 0.125. The van der Waals surface area contributed by atoms with Gasteiger partial charge in [-0.3, -0.25) is 9.89 Å². The summed E-state index contributed by atoms with van der Waals surface area (Å²) in [7, 11) is 0. The molecule has 0 aliphatic carbocycles. The largest absolute Gasteiger partial charge is 0.365 e. The van der Waals surface area contributed by atoms with Crippen LogP contribution in [0.4, 0.5) is 0 Å². The van der Waals surface area contributed by atoms with Gasteiger partial charge in [0.15, 0.2) is 0 Å². The molecule has 0 aliphatic rings. The summed E-state index contributed by atoms with van der Waals surface area (Å²) in [6.07, 6.45) is 1.68. The molecule has 5 nitrogen and oxygen atoms in total. The minimum absolute atomic E-state index is 0.401. The molecule has 0 radical (unpaired) electrons. The number of primary amides is 1. The van der Waals surface area contributed by atoms with Gasteiger partial charge >= 0.3 is 0 Å². The Morgan fingerprint density at radius 3 is 2.93 bits per heavy atom. The topological polar surface area (TPSA) is 84.7 Å². The molecule has 3 N–H and O–H groups in total. The molecule has 0 aromatic carbocycles. The van der Waals surface area contributed by atoms with Crippen LogP contribution in [0.15, 0.2) is 11.6 Å². The van der Waals surface area contributed by atoms with Crippen LogP contribution in [0.3, 0.4) is 0 Å². The van der Waals surface area contributed by atoms with Crippen molar-refractivity contribution in [2.45, 2.75) is 6.92 Å². The minimum atomic E-state index is -0.401. The van der Waals surface area contributed by atoms with Crippen LogP contribution in [0.1, 0.15) is 15.2 Å². The van der Waals surface area contributed by atoms with Crippen LogP contribution in [0.5, 0.6) is 0 Å². The molecule has 0 unspecified atom stereocenters. The number of carbonyl (C=O) groups excluding carboxylic acids is 1. The van der Waals surface area contributed by atoms with E-state index >= 15 is 0 Å². The number of H-pyrrole nitrogens is 1. The lowest BCUT2D eigenvalue weighted by atomic mass is 10.1. The highest BCUT2D eigenvalue weighted by molar-refractivity contribution is 7.12. The van der Waals surface area contributed by atoms with Crippen molar-refractivity contribution in [2.75, 3.05) is 0 Å². The fourth-order valence-corrected chi connectivity index (χ4v) is 2.18. The van der Waals surface area contributed by atoms with E-state index in [1.54, 1.807) is 6.20 Å². The van der Waals surface area contributed by atoms with Crippen molar-refractivity contribution < 1.29 is 4.79 Å². The zero-order valence-corrected chi connectivity index (χ0v) is 8.26. The number of aromatic nitrogens is 3. The van der Waals surface area contributed by atoms with Crippen LogP contribution >= 0.6 is 11.3 Å². The van der Waals surface area contributed by atoms with Gasteiger partial charge in [-0.25, -0.2) is 0 Å². The van der Waals surface area contributed by atoms with Crippen molar-refractivity contribution in [1.82, 2.24) is 15.4 Å². The second kappa shape index (κ2) is 3.22. The van der Waals surface area contributed by atoms with E-state index in [9.17, 15) is 4.79 Å². The quantitative estimate of drug-likeness (QED) is 0.770. The van der Waals surface area contributed by atoms with Gasteiger partial charge in [0.2, 0.25) is 0 Å². The van der Waals surface area contributed by atoms with Crippen LogP contribution in [0.25, 0.3) is 11.3 Å². The van der Waals surface area contributed by atoms with E-state index in [0.717, 1.165) is 16.8 Å². The number of carbonyl (C=O) groups is 1. The van der Waals surface area contributed by atoms with Crippen molar-refractivity contribution in [3.63, 3.8) is 0 Å². The lowest BCUT2D eigenvalue weighted by Gasteiger charge is -1.94. The predicted octanol–water partition coefficient (Wildman–Crippen LogP) is 0.941. The van der Waals surface area contributed by atoms with Crippen molar-refractivity contribution in [3.05, 3.63) is 22.0 Å². The summed E-state index contributed by atoms with van der Waals surface area (Å²) in [6, 6.07) is 0. The SMILES string of the molecule is Cc1c(-c2c[nH]nn2)csc1C(N)=O. The van der Waals surface area contributed by atoms with E-state index in [1.807, 2.05) is 12.3 Å². The summed E-state index contributed by atoms with van der Waals surface area (Å²) in [6.45, 7) is 1.85. The zero-order valence-electron chi connectivity index (χ0n) is 7.44. The molecule has 6 heteroatoms. The molecule has 2 rings (SSSR count). The van der Waals surface area contributed by atoms with Crippen LogP contribution in [-0.2, 0) is 0 Å². The van der Waals surface area contributed by atoms with Gasteiger partial charge in [0.25, 0.3) is 5.91 Å². The lowest BCUT2D eigenvalue weighted by molar-refractivity contribution is 0.100. The van der Waals surface area contributed by atoms with E-state index in [4.69, 9.17) is 5.73 Å². The first-order valence-electron chi connectivity index (χ1n) is 3.95. The Kier molecular flexibility index (Phi) is 2.05. The molecule has 0 atom stereocenters. The minimum Gasteiger partial charge on any atom is -0.365 e. The van der Waals surface area contributed by atoms with E-state index in [0.29, 0.717) is 4.88 Å². The van der Waals surface area contributed by atoms with Gasteiger partial charge in [-0.1, -0.05) is 5.21 Å². The molecular weight excluding hydrogens is 200 g/mol. The Bertz CT molecular complexity index is 460. The smallest absolute Gasteiger partial charge is 0.259 e. The second-order valence-corrected chi connectivity index (χ2v) is 3.71. The molecule has 14 heavy (non-hydrogen) atoms. The van der Waals surface area contributed by atoms with Gasteiger partial charge in [0, 0.05) is 10.9 Å². The molecule has 72 valence electrons. The highest BCUT2D eigenvalue weighted by Crippen LogP contribution is 2.28. The number of hydrogen-bond acceptors (Lipinski definition) is 4. The molecule has 0 aliphatic heterocycles. The molecule has 2 aromatic rings. The molecule has 1 amide bonds. The number of amides is 1. The summed E-state index contributed by atoms with van der Waals surface area (Å²) >= 11 is 1.33. The van der Waals surface area contributed by atoms with E-state index < -0.39 is 5.91 Å². The van der Waals surface area contributed by atoms with Crippen molar-refractivity contribution in [1.29, 1.82) is 0 Å². The number of nitrogens with two attached hydrogens (primary N) is 1. The van der Waals surface area contributed by atoms with Crippen LogP contribution in [-0.4, -0.2) is 21.3 Å². The maximum Gasteiger partial charge on any atom is 0.259 e. The van der Waals surface area contributed by atoms with E-state index in [1.165, 1.54) is 11.3 Å². The number of thiophene rings is 1. The molecule has 0 bridgehead atoms. The molecular formula is C8H8N4OS. The first-order valence-corrected chi connectivity index (χ1v) is 4.83. The first-order chi connectivity index (χ1) is 6.70. The third kappa shape index (κ3) is 1.29. The highest BCUT2D eigenvalue weighted by Gasteiger charge is 2.14. The summed E-state index contributed by atoms with van der Waals surface area (Å²) in [5, 5.41) is 12.0. The van der Waals surface area contributed by atoms with Gasteiger partial charge in [0.1, 0.15) is 5.69 Å². The normalized spacial score (nSPS) is 10.4. The molecule has 0 spiro atoms. The third-order valence-electron chi connectivity index (χ3n) is 1.96. The van der Waals surface area contributed by atoms with Crippen molar-refractivity contribution in [3.8, 4) is 11.3 Å². The maximum atomic E-state index is 11.0. The zero-order chi connectivity index (χ0) is 10.1. The monoisotopic (exact) mass is 208 g/mol. The third-order valence-corrected chi connectivity index (χ3v) is 3.05. The van der Waals surface area contributed by atoms with Crippen molar-refractivity contribution in [2.24, 2.45) is 5.73 Å². The molecule has 2 aromatic heterocycles. The Hall–Kier alpha value is -1.69. The Morgan fingerprint density at radius 1 is 1.64 bits per heavy atom. The summed E-state index contributed by atoms with van der Waals surface area (Å²) in [4.78, 5) is 11.6.